The van der Waals surface area contributed by atoms with Crippen LogP contribution >= 0.6 is 0 Å². The molecule has 2 atom stereocenters. The number of rotatable bonds is 4. The number of ether oxygens (including phenoxy) is 1. The van der Waals surface area contributed by atoms with E-state index in [-0.39, 0.29) is 11.9 Å². The normalized spacial score (nSPS) is 19.2. The van der Waals surface area contributed by atoms with Gasteiger partial charge in [0, 0.05) is 24.2 Å². The monoisotopic (exact) mass is 336 g/mol. The molecule has 2 heterocycles. The molecule has 0 unspecified atom stereocenters. The van der Waals surface area contributed by atoms with Crippen LogP contribution in [-0.2, 0) is 0 Å². The van der Waals surface area contributed by atoms with Gasteiger partial charge in [-0.25, -0.2) is 0 Å². The molecule has 1 aliphatic heterocycles. The lowest BCUT2D eigenvalue weighted by molar-refractivity contribution is 0.0936. The third-order valence-corrected chi connectivity index (χ3v) is 4.31. The molecule has 1 aromatic heterocycles. The Kier molecular flexibility index (Phi) is 4.96. The van der Waals surface area contributed by atoms with E-state index in [0.717, 1.165) is 18.5 Å². The molecule has 1 amide bonds. The van der Waals surface area contributed by atoms with Gasteiger partial charge in [0.25, 0.3) is 5.91 Å². The fourth-order valence-corrected chi connectivity index (χ4v) is 3.00. The number of carbonyl (C=O) groups excluding carboxylic acids is 1. The van der Waals surface area contributed by atoms with Gasteiger partial charge < -0.3 is 15.4 Å². The lowest BCUT2D eigenvalue weighted by atomic mass is 10.1. The number of aromatic nitrogens is 1. The van der Waals surface area contributed by atoms with Crippen LogP contribution in [0.4, 0.5) is 0 Å². The Morgan fingerprint density at radius 3 is 2.96 bits per heavy atom. The molecule has 1 fully saturated rings. The summed E-state index contributed by atoms with van der Waals surface area (Å²) >= 11 is 0. The smallest absolute Gasteiger partial charge is 0.255 e. The number of nitriles is 1. The largest absolute Gasteiger partial charge is 0.494 e. The Labute approximate surface area is 146 Å². The van der Waals surface area contributed by atoms with Crippen LogP contribution in [-0.4, -0.2) is 36.6 Å². The molecule has 0 saturated carbocycles. The number of nitrogens with one attached hydrogen (secondary N) is 2. The standard InChI is InChI=1S/C19H20N4O2/c1-12-6-15(10-21-12)23-19(24)16-8-17(22-11-18(16)25-2)14-5-3-4-13(7-14)9-20/h3-5,7-8,11-12,15,21H,6,10H2,1-2H3,(H,23,24)/t12-,15-/m1/s1. The Morgan fingerprint density at radius 2 is 2.28 bits per heavy atom. The minimum Gasteiger partial charge on any atom is -0.494 e. The van der Waals surface area contributed by atoms with Crippen LogP contribution in [0.5, 0.6) is 5.75 Å². The molecule has 6 nitrogen and oxygen atoms in total. The molecule has 2 aromatic rings. The van der Waals surface area contributed by atoms with Crippen molar-refractivity contribution in [1.82, 2.24) is 15.6 Å². The molecule has 25 heavy (non-hydrogen) atoms. The second-order valence-electron chi connectivity index (χ2n) is 6.18. The zero-order valence-corrected chi connectivity index (χ0v) is 14.2. The fraction of sp³-hybridized carbons (Fsp3) is 0.316. The molecule has 2 N–H and O–H groups in total. The molecule has 1 aliphatic rings. The van der Waals surface area contributed by atoms with Gasteiger partial charge >= 0.3 is 0 Å². The minimum absolute atomic E-state index is 0.103. The van der Waals surface area contributed by atoms with E-state index in [1.807, 2.05) is 6.07 Å². The average Bonchev–Trinajstić information content (AvgIpc) is 3.05. The maximum absolute atomic E-state index is 12.7. The summed E-state index contributed by atoms with van der Waals surface area (Å²) in [5.74, 6) is 0.245. The molecule has 1 aromatic carbocycles. The van der Waals surface area contributed by atoms with E-state index in [0.29, 0.717) is 28.6 Å². The molecule has 0 bridgehead atoms. The number of nitrogens with zero attached hydrogens (tertiary/aromatic N) is 2. The zero-order chi connectivity index (χ0) is 17.8. The van der Waals surface area contributed by atoms with Gasteiger partial charge in [0.15, 0.2) is 0 Å². The third kappa shape index (κ3) is 3.78. The van der Waals surface area contributed by atoms with Crippen molar-refractivity contribution >= 4 is 5.91 Å². The first-order valence-corrected chi connectivity index (χ1v) is 8.19. The SMILES string of the molecule is COc1cnc(-c2cccc(C#N)c2)cc1C(=O)N[C@H]1CN[C@H](C)C1. The summed E-state index contributed by atoms with van der Waals surface area (Å²) < 4.78 is 5.30. The molecule has 0 aliphatic carbocycles. The van der Waals surface area contributed by atoms with Crippen molar-refractivity contribution in [1.29, 1.82) is 5.26 Å². The third-order valence-electron chi connectivity index (χ3n) is 4.31. The van der Waals surface area contributed by atoms with E-state index < -0.39 is 0 Å². The Bertz CT molecular complexity index is 828. The highest BCUT2D eigenvalue weighted by atomic mass is 16.5. The first-order valence-electron chi connectivity index (χ1n) is 8.19. The van der Waals surface area contributed by atoms with Crippen molar-refractivity contribution in [3.05, 3.63) is 47.7 Å². The van der Waals surface area contributed by atoms with Crippen LogP contribution in [0.1, 0.15) is 29.3 Å². The lowest BCUT2D eigenvalue weighted by Gasteiger charge is -2.14. The van der Waals surface area contributed by atoms with Gasteiger partial charge in [-0.1, -0.05) is 12.1 Å². The van der Waals surface area contributed by atoms with E-state index in [1.165, 1.54) is 7.11 Å². The Hall–Kier alpha value is -2.91. The molecular weight excluding hydrogens is 316 g/mol. The van der Waals surface area contributed by atoms with E-state index in [2.05, 4.69) is 28.6 Å². The molecule has 128 valence electrons. The molecular formula is C19H20N4O2. The maximum Gasteiger partial charge on any atom is 0.255 e. The van der Waals surface area contributed by atoms with E-state index >= 15 is 0 Å². The first-order chi connectivity index (χ1) is 12.1. The quantitative estimate of drug-likeness (QED) is 0.893. The van der Waals surface area contributed by atoms with Crippen LogP contribution < -0.4 is 15.4 Å². The number of benzene rings is 1. The first kappa shape index (κ1) is 16.9. The zero-order valence-electron chi connectivity index (χ0n) is 14.2. The summed E-state index contributed by atoms with van der Waals surface area (Å²) in [5.41, 5.74) is 2.40. The van der Waals surface area contributed by atoms with Gasteiger partial charge in [-0.3, -0.25) is 9.78 Å². The van der Waals surface area contributed by atoms with E-state index in [1.54, 1.807) is 30.5 Å². The average molecular weight is 336 g/mol. The molecule has 1 saturated heterocycles. The number of hydrogen-bond donors (Lipinski definition) is 2. The predicted molar refractivity (Wildman–Crippen MR) is 94.3 cm³/mol. The van der Waals surface area contributed by atoms with E-state index in [9.17, 15) is 4.79 Å². The van der Waals surface area contributed by atoms with Gasteiger partial charge in [0.2, 0.25) is 0 Å². The molecule has 0 spiro atoms. The van der Waals surface area contributed by atoms with Gasteiger partial charge in [-0.2, -0.15) is 5.26 Å². The Balaban J connectivity index is 1.89. The van der Waals surface area contributed by atoms with Gasteiger partial charge in [-0.15, -0.1) is 0 Å². The van der Waals surface area contributed by atoms with Crippen molar-refractivity contribution < 1.29 is 9.53 Å². The highest BCUT2D eigenvalue weighted by Gasteiger charge is 2.24. The molecule has 3 rings (SSSR count). The topological polar surface area (TPSA) is 87.0 Å². The van der Waals surface area contributed by atoms with Gasteiger partial charge in [0.1, 0.15) is 5.75 Å². The minimum atomic E-state index is -0.183. The second kappa shape index (κ2) is 7.32. The number of hydrogen-bond acceptors (Lipinski definition) is 5. The van der Waals surface area contributed by atoms with Crippen LogP contribution in [0.2, 0.25) is 0 Å². The van der Waals surface area contributed by atoms with Crippen LogP contribution in [0.3, 0.4) is 0 Å². The number of pyridine rings is 1. The summed E-state index contributed by atoms with van der Waals surface area (Å²) in [5, 5.41) is 15.4. The summed E-state index contributed by atoms with van der Waals surface area (Å²) in [7, 11) is 1.52. The number of methoxy groups -OCH3 is 1. The second-order valence-corrected chi connectivity index (χ2v) is 6.18. The van der Waals surface area contributed by atoms with Crippen molar-refractivity contribution in [2.45, 2.75) is 25.4 Å². The summed E-state index contributed by atoms with van der Waals surface area (Å²) in [6.07, 6.45) is 2.44. The summed E-state index contributed by atoms with van der Waals surface area (Å²) in [6.45, 7) is 2.86. The number of amides is 1. The van der Waals surface area contributed by atoms with E-state index in [4.69, 9.17) is 10.00 Å². The van der Waals surface area contributed by atoms with Crippen molar-refractivity contribution in [2.75, 3.05) is 13.7 Å². The van der Waals surface area contributed by atoms with Crippen molar-refractivity contribution in [3.8, 4) is 23.1 Å². The van der Waals surface area contributed by atoms with Crippen molar-refractivity contribution in [3.63, 3.8) is 0 Å². The fourth-order valence-electron chi connectivity index (χ4n) is 3.00. The summed E-state index contributed by atoms with van der Waals surface area (Å²) in [4.78, 5) is 17.1. The highest BCUT2D eigenvalue weighted by molar-refractivity contribution is 5.98. The van der Waals surface area contributed by atoms with Crippen molar-refractivity contribution in [2.24, 2.45) is 0 Å². The lowest BCUT2D eigenvalue weighted by Crippen LogP contribution is -2.36. The number of carbonyl (C=O) groups is 1. The van der Waals surface area contributed by atoms with Gasteiger partial charge in [0.05, 0.1) is 36.2 Å². The highest BCUT2D eigenvalue weighted by Crippen LogP contribution is 2.25. The predicted octanol–water partition coefficient (Wildman–Crippen LogP) is 2.11. The molecule has 6 heteroatoms. The van der Waals surface area contributed by atoms with Crippen LogP contribution in [0, 0.1) is 11.3 Å². The maximum atomic E-state index is 12.7. The van der Waals surface area contributed by atoms with Crippen LogP contribution in [0.15, 0.2) is 36.5 Å². The summed E-state index contributed by atoms with van der Waals surface area (Å²) in [6, 6.07) is 11.5. The Morgan fingerprint density at radius 1 is 1.44 bits per heavy atom. The van der Waals surface area contributed by atoms with Crippen LogP contribution in [0.25, 0.3) is 11.3 Å². The molecule has 0 radical (unpaired) electrons. The van der Waals surface area contributed by atoms with Gasteiger partial charge in [-0.05, 0) is 31.5 Å².